The van der Waals surface area contributed by atoms with Gasteiger partial charge in [0.2, 0.25) is 0 Å². The van der Waals surface area contributed by atoms with Gasteiger partial charge in [0.05, 0.1) is 11.0 Å². The first-order valence-electron chi connectivity index (χ1n) is 14.3. The second-order valence-corrected chi connectivity index (χ2v) is 10.0. The Balaban J connectivity index is 1.50. The van der Waals surface area contributed by atoms with E-state index in [0.29, 0.717) is 11.5 Å². The topological polar surface area (TPSA) is 61.3 Å². The fraction of sp³-hybridized carbons (Fsp3) is 0.424. The Labute approximate surface area is 226 Å². The maximum atomic E-state index is 13.1. The SMILES string of the molecule is CCCCCCCc1cc(OC(=O)Oc2cc(CCCCCCC)nc3ccccc23)c2ccccc2n1. The van der Waals surface area contributed by atoms with Crippen LogP contribution in [0.25, 0.3) is 21.8 Å². The van der Waals surface area contributed by atoms with Gasteiger partial charge >= 0.3 is 6.16 Å². The molecule has 0 saturated carbocycles. The van der Waals surface area contributed by atoms with Gasteiger partial charge in [-0.15, -0.1) is 0 Å². The van der Waals surface area contributed by atoms with E-state index in [4.69, 9.17) is 19.4 Å². The van der Waals surface area contributed by atoms with Crippen molar-refractivity contribution >= 4 is 28.0 Å². The Morgan fingerprint density at radius 3 is 1.47 bits per heavy atom. The van der Waals surface area contributed by atoms with Crippen LogP contribution in [0.15, 0.2) is 60.7 Å². The van der Waals surface area contributed by atoms with E-state index in [9.17, 15) is 4.79 Å². The highest BCUT2D eigenvalue weighted by Crippen LogP contribution is 2.29. The van der Waals surface area contributed by atoms with Crippen LogP contribution in [0.5, 0.6) is 11.5 Å². The number of rotatable bonds is 14. The molecule has 0 N–H and O–H groups in total. The minimum Gasteiger partial charge on any atom is -0.394 e. The number of aryl methyl sites for hydroxylation is 2. The van der Waals surface area contributed by atoms with Crippen molar-refractivity contribution < 1.29 is 14.3 Å². The standard InChI is InChI=1S/C33H40N2O3/c1-3-5-7-9-11-17-25-23-31(27-19-13-15-21-29(27)34-25)37-33(36)38-32-24-26(18-12-10-8-6-4-2)35-30-22-16-14-20-28(30)32/h13-16,19-24H,3-12,17-18H2,1-2H3. The van der Waals surface area contributed by atoms with Crippen molar-refractivity contribution in [3.05, 3.63) is 72.1 Å². The number of nitrogens with zero attached hydrogens (tertiary/aromatic N) is 2. The van der Waals surface area contributed by atoms with Crippen molar-refractivity contribution in [1.82, 2.24) is 9.97 Å². The number of ether oxygens (including phenoxy) is 2. The van der Waals surface area contributed by atoms with Gasteiger partial charge in [0.1, 0.15) is 11.5 Å². The Bertz CT molecular complexity index is 1230. The zero-order chi connectivity index (χ0) is 26.6. The van der Waals surface area contributed by atoms with E-state index in [0.717, 1.165) is 58.9 Å². The molecule has 200 valence electrons. The average molecular weight is 513 g/mol. The van der Waals surface area contributed by atoms with Crippen LogP contribution in [0, 0.1) is 0 Å². The molecule has 38 heavy (non-hydrogen) atoms. The van der Waals surface area contributed by atoms with Crippen LogP contribution in [-0.2, 0) is 12.8 Å². The van der Waals surface area contributed by atoms with Gasteiger partial charge in [0.15, 0.2) is 0 Å². The van der Waals surface area contributed by atoms with Crippen molar-refractivity contribution in [2.75, 3.05) is 0 Å². The van der Waals surface area contributed by atoms with E-state index in [1.54, 1.807) is 0 Å². The van der Waals surface area contributed by atoms with E-state index in [1.165, 1.54) is 51.4 Å². The summed E-state index contributed by atoms with van der Waals surface area (Å²) in [7, 11) is 0. The van der Waals surface area contributed by atoms with Gasteiger partial charge in [0.25, 0.3) is 0 Å². The van der Waals surface area contributed by atoms with Crippen LogP contribution in [-0.4, -0.2) is 16.1 Å². The highest BCUT2D eigenvalue weighted by atomic mass is 16.7. The molecule has 0 unspecified atom stereocenters. The van der Waals surface area contributed by atoms with Crippen molar-refractivity contribution in [3.63, 3.8) is 0 Å². The molecule has 0 fully saturated rings. The summed E-state index contributed by atoms with van der Waals surface area (Å²) in [6.45, 7) is 4.44. The summed E-state index contributed by atoms with van der Waals surface area (Å²) in [5.41, 5.74) is 3.51. The first-order chi connectivity index (χ1) is 18.7. The summed E-state index contributed by atoms with van der Waals surface area (Å²) in [5, 5.41) is 1.60. The van der Waals surface area contributed by atoms with Gasteiger partial charge in [-0.2, -0.15) is 0 Å². The lowest BCUT2D eigenvalue weighted by Crippen LogP contribution is -2.15. The lowest BCUT2D eigenvalue weighted by Gasteiger charge is -2.12. The molecule has 0 aliphatic heterocycles. The third kappa shape index (κ3) is 7.77. The molecule has 0 aliphatic rings. The summed E-state index contributed by atoms with van der Waals surface area (Å²) >= 11 is 0. The molecule has 0 atom stereocenters. The smallest absolute Gasteiger partial charge is 0.394 e. The summed E-state index contributed by atoms with van der Waals surface area (Å²) < 4.78 is 11.6. The van der Waals surface area contributed by atoms with Crippen molar-refractivity contribution in [2.24, 2.45) is 0 Å². The molecule has 5 nitrogen and oxygen atoms in total. The Hall–Kier alpha value is -3.47. The Morgan fingerprint density at radius 1 is 0.605 bits per heavy atom. The molecular formula is C33H40N2O3. The summed E-state index contributed by atoms with van der Waals surface area (Å²) in [5.74, 6) is 0.970. The fourth-order valence-corrected chi connectivity index (χ4v) is 4.84. The van der Waals surface area contributed by atoms with E-state index in [2.05, 4.69) is 13.8 Å². The van der Waals surface area contributed by atoms with Gasteiger partial charge in [-0.05, 0) is 49.9 Å². The maximum Gasteiger partial charge on any atom is 0.519 e. The van der Waals surface area contributed by atoms with Crippen LogP contribution in [0.1, 0.15) is 89.4 Å². The second kappa shape index (κ2) is 14.5. The van der Waals surface area contributed by atoms with Crippen LogP contribution >= 0.6 is 0 Å². The van der Waals surface area contributed by atoms with Crippen molar-refractivity contribution in [2.45, 2.75) is 90.9 Å². The molecule has 0 aliphatic carbocycles. The zero-order valence-electron chi connectivity index (χ0n) is 22.9. The van der Waals surface area contributed by atoms with Gasteiger partial charge in [0, 0.05) is 34.3 Å². The van der Waals surface area contributed by atoms with Gasteiger partial charge in [-0.25, -0.2) is 4.79 Å². The highest BCUT2D eigenvalue weighted by Gasteiger charge is 2.16. The molecule has 5 heteroatoms. The monoisotopic (exact) mass is 512 g/mol. The quantitative estimate of drug-likeness (QED) is 0.124. The van der Waals surface area contributed by atoms with Crippen molar-refractivity contribution in [3.8, 4) is 11.5 Å². The largest absolute Gasteiger partial charge is 0.519 e. The van der Waals surface area contributed by atoms with Gasteiger partial charge in [-0.3, -0.25) is 9.97 Å². The minimum atomic E-state index is -0.750. The molecule has 0 radical (unpaired) electrons. The van der Waals surface area contributed by atoms with E-state index in [-0.39, 0.29) is 0 Å². The summed E-state index contributed by atoms with van der Waals surface area (Å²) in [6.07, 6.45) is 12.9. The van der Waals surface area contributed by atoms with E-state index >= 15 is 0 Å². The minimum absolute atomic E-state index is 0.485. The van der Waals surface area contributed by atoms with Crippen molar-refractivity contribution in [1.29, 1.82) is 0 Å². The molecule has 0 bridgehead atoms. The zero-order valence-corrected chi connectivity index (χ0v) is 22.9. The number of carbonyl (C=O) groups is 1. The first-order valence-corrected chi connectivity index (χ1v) is 14.3. The second-order valence-electron chi connectivity index (χ2n) is 10.0. The summed E-state index contributed by atoms with van der Waals surface area (Å²) in [6, 6.07) is 19.3. The lowest BCUT2D eigenvalue weighted by atomic mass is 10.1. The normalized spacial score (nSPS) is 11.2. The number of benzene rings is 2. The molecule has 2 heterocycles. The highest BCUT2D eigenvalue weighted by molar-refractivity contribution is 5.89. The van der Waals surface area contributed by atoms with Gasteiger partial charge < -0.3 is 9.47 Å². The Kier molecular flexibility index (Phi) is 10.5. The number of unbranched alkanes of at least 4 members (excludes halogenated alkanes) is 8. The Morgan fingerprint density at radius 2 is 1.03 bits per heavy atom. The average Bonchev–Trinajstić information content (AvgIpc) is 2.93. The number of fused-ring (bicyclic) bond motifs is 2. The summed E-state index contributed by atoms with van der Waals surface area (Å²) in [4.78, 5) is 22.7. The van der Waals surface area contributed by atoms with Crippen LogP contribution < -0.4 is 9.47 Å². The fourth-order valence-electron chi connectivity index (χ4n) is 4.84. The lowest BCUT2D eigenvalue weighted by molar-refractivity contribution is 0.153. The maximum absolute atomic E-state index is 13.1. The molecule has 2 aromatic heterocycles. The molecule has 0 spiro atoms. The van der Waals surface area contributed by atoms with E-state index in [1.807, 2.05) is 60.7 Å². The number of aromatic nitrogens is 2. The number of hydrogen-bond donors (Lipinski definition) is 0. The third-order valence-corrected chi connectivity index (χ3v) is 6.92. The van der Waals surface area contributed by atoms with Crippen LogP contribution in [0.2, 0.25) is 0 Å². The molecule has 0 amide bonds. The number of pyridine rings is 2. The first kappa shape index (κ1) is 27.6. The number of carbonyl (C=O) groups excluding carboxylic acids is 1. The predicted octanol–water partition coefficient (Wildman–Crippen LogP) is 9.39. The third-order valence-electron chi connectivity index (χ3n) is 6.92. The number of hydrogen-bond acceptors (Lipinski definition) is 5. The van der Waals surface area contributed by atoms with Crippen LogP contribution in [0.4, 0.5) is 4.79 Å². The number of para-hydroxylation sites is 2. The molecule has 4 aromatic rings. The molecule has 2 aromatic carbocycles. The van der Waals surface area contributed by atoms with Gasteiger partial charge in [-0.1, -0.05) is 89.5 Å². The molecular weight excluding hydrogens is 472 g/mol. The predicted molar refractivity (Wildman–Crippen MR) is 155 cm³/mol. The molecule has 0 saturated heterocycles. The van der Waals surface area contributed by atoms with Crippen LogP contribution in [0.3, 0.4) is 0 Å². The molecule has 4 rings (SSSR count). The van der Waals surface area contributed by atoms with E-state index < -0.39 is 6.16 Å².